The molecular formula is C30H30N2O5S. The SMILES string of the molecule is CCCc1nc2ccccc2c(C(=O)OCC(=O)Nc2sc(-c3ccccc3)cc2C(=O)OCC)c1CC. The molecule has 0 aliphatic carbocycles. The number of amides is 1. The Morgan fingerprint density at radius 1 is 0.921 bits per heavy atom. The van der Waals surface area contributed by atoms with Crippen molar-refractivity contribution in [3.05, 3.63) is 83.0 Å². The fourth-order valence-corrected chi connectivity index (χ4v) is 5.38. The zero-order valence-electron chi connectivity index (χ0n) is 21.7. The Balaban J connectivity index is 1.56. The first-order valence-electron chi connectivity index (χ1n) is 12.7. The first-order chi connectivity index (χ1) is 18.5. The van der Waals surface area contributed by atoms with Gasteiger partial charge in [0.25, 0.3) is 5.91 Å². The van der Waals surface area contributed by atoms with E-state index in [1.165, 1.54) is 11.3 Å². The highest BCUT2D eigenvalue weighted by atomic mass is 32.1. The highest BCUT2D eigenvalue weighted by Crippen LogP contribution is 2.36. The number of carbonyl (C=O) groups is 3. The molecule has 0 saturated heterocycles. The van der Waals surface area contributed by atoms with Crippen molar-refractivity contribution >= 4 is 45.1 Å². The van der Waals surface area contributed by atoms with E-state index in [-0.39, 0.29) is 12.2 Å². The van der Waals surface area contributed by atoms with Gasteiger partial charge in [0.1, 0.15) is 5.00 Å². The number of nitrogens with zero attached hydrogens (tertiary/aromatic N) is 1. The number of aryl methyl sites for hydroxylation is 1. The van der Waals surface area contributed by atoms with Gasteiger partial charge in [-0.25, -0.2) is 9.59 Å². The Bertz CT molecular complexity index is 1460. The van der Waals surface area contributed by atoms with Crippen LogP contribution in [0.25, 0.3) is 21.3 Å². The van der Waals surface area contributed by atoms with Gasteiger partial charge < -0.3 is 14.8 Å². The minimum Gasteiger partial charge on any atom is -0.462 e. The molecular weight excluding hydrogens is 500 g/mol. The van der Waals surface area contributed by atoms with Crippen LogP contribution in [-0.4, -0.2) is 36.0 Å². The molecule has 1 amide bonds. The quantitative estimate of drug-likeness (QED) is 0.237. The molecule has 2 aromatic carbocycles. The number of esters is 2. The lowest BCUT2D eigenvalue weighted by atomic mass is 9.96. The van der Waals surface area contributed by atoms with Gasteiger partial charge in [0.15, 0.2) is 6.61 Å². The number of anilines is 1. The van der Waals surface area contributed by atoms with Crippen LogP contribution in [0, 0.1) is 0 Å². The summed E-state index contributed by atoms with van der Waals surface area (Å²) in [5.74, 6) is -1.65. The summed E-state index contributed by atoms with van der Waals surface area (Å²) in [4.78, 5) is 44.3. The molecule has 0 aliphatic rings. The van der Waals surface area contributed by atoms with Crippen molar-refractivity contribution in [1.82, 2.24) is 4.98 Å². The Hall–Kier alpha value is -4.04. The summed E-state index contributed by atoms with van der Waals surface area (Å²) in [5.41, 5.74) is 4.05. The average Bonchev–Trinajstić information content (AvgIpc) is 3.35. The number of hydrogen-bond acceptors (Lipinski definition) is 7. The molecule has 0 fully saturated rings. The zero-order valence-corrected chi connectivity index (χ0v) is 22.5. The summed E-state index contributed by atoms with van der Waals surface area (Å²) in [5, 5.41) is 3.78. The molecule has 1 N–H and O–H groups in total. The number of nitrogens with one attached hydrogen (secondary N) is 1. The van der Waals surface area contributed by atoms with Crippen molar-refractivity contribution in [3.8, 4) is 10.4 Å². The van der Waals surface area contributed by atoms with Crippen molar-refractivity contribution in [2.24, 2.45) is 0 Å². The molecule has 0 radical (unpaired) electrons. The molecule has 0 aliphatic heterocycles. The standard InChI is InChI=1S/C30H30N2O5S/c1-4-12-23-20(5-2)27(21-15-10-11-16-24(21)31-23)30(35)37-18-26(33)32-28-22(29(34)36-6-3)17-25(38-28)19-13-8-7-9-14-19/h7-11,13-17H,4-6,12,18H2,1-3H3,(H,32,33). The van der Waals surface area contributed by atoms with Crippen molar-refractivity contribution in [1.29, 1.82) is 0 Å². The molecule has 0 atom stereocenters. The van der Waals surface area contributed by atoms with Gasteiger partial charge >= 0.3 is 11.9 Å². The maximum Gasteiger partial charge on any atom is 0.341 e. The summed E-state index contributed by atoms with van der Waals surface area (Å²) < 4.78 is 10.7. The Morgan fingerprint density at radius 2 is 1.66 bits per heavy atom. The van der Waals surface area contributed by atoms with E-state index in [1.807, 2.05) is 61.5 Å². The number of hydrogen-bond donors (Lipinski definition) is 1. The predicted molar refractivity (Wildman–Crippen MR) is 150 cm³/mol. The number of aromatic nitrogens is 1. The second-order valence-electron chi connectivity index (χ2n) is 8.60. The van der Waals surface area contributed by atoms with E-state index in [0.717, 1.165) is 40.1 Å². The molecule has 7 nitrogen and oxygen atoms in total. The molecule has 4 rings (SSSR count). The molecule has 0 bridgehead atoms. The van der Waals surface area contributed by atoms with Crippen molar-refractivity contribution in [2.45, 2.75) is 40.0 Å². The molecule has 2 aromatic heterocycles. The monoisotopic (exact) mass is 530 g/mol. The first kappa shape index (κ1) is 27.0. The normalized spacial score (nSPS) is 10.8. The second kappa shape index (κ2) is 12.5. The Kier molecular flexibility index (Phi) is 8.86. The van der Waals surface area contributed by atoms with E-state index in [4.69, 9.17) is 14.5 Å². The first-order valence-corrected chi connectivity index (χ1v) is 13.5. The van der Waals surface area contributed by atoms with Crippen molar-refractivity contribution in [3.63, 3.8) is 0 Å². The van der Waals surface area contributed by atoms with Gasteiger partial charge in [-0.05, 0) is 43.0 Å². The van der Waals surface area contributed by atoms with Crippen LogP contribution in [0.3, 0.4) is 0 Å². The van der Waals surface area contributed by atoms with Gasteiger partial charge in [0.2, 0.25) is 0 Å². The minimum atomic E-state index is -0.574. The van der Waals surface area contributed by atoms with Crippen molar-refractivity contribution < 1.29 is 23.9 Å². The molecule has 8 heteroatoms. The number of ether oxygens (including phenoxy) is 2. The zero-order chi connectivity index (χ0) is 27.1. The lowest BCUT2D eigenvalue weighted by Crippen LogP contribution is -2.22. The average molecular weight is 531 g/mol. The largest absolute Gasteiger partial charge is 0.462 e. The third-order valence-corrected chi connectivity index (χ3v) is 7.10. The lowest BCUT2D eigenvalue weighted by Gasteiger charge is -2.15. The highest BCUT2D eigenvalue weighted by molar-refractivity contribution is 7.20. The van der Waals surface area contributed by atoms with Crippen LogP contribution in [-0.2, 0) is 27.1 Å². The van der Waals surface area contributed by atoms with Gasteiger partial charge in [0.05, 0.1) is 23.3 Å². The van der Waals surface area contributed by atoms with E-state index in [1.54, 1.807) is 13.0 Å². The number of pyridine rings is 1. The molecule has 196 valence electrons. The molecule has 38 heavy (non-hydrogen) atoms. The summed E-state index contributed by atoms with van der Waals surface area (Å²) in [7, 11) is 0. The third kappa shape index (κ3) is 5.92. The fourth-order valence-electron chi connectivity index (χ4n) is 4.31. The van der Waals surface area contributed by atoms with Crippen LogP contribution in [0.4, 0.5) is 5.00 Å². The second-order valence-corrected chi connectivity index (χ2v) is 9.65. The summed E-state index contributed by atoms with van der Waals surface area (Å²) in [6, 6.07) is 18.7. The van der Waals surface area contributed by atoms with Crippen LogP contribution < -0.4 is 5.32 Å². The Labute approximate surface area is 225 Å². The smallest absolute Gasteiger partial charge is 0.341 e. The molecule has 0 unspecified atom stereocenters. The lowest BCUT2D eigenvalue weighted by molar-refractivity contribution is -0.119. The molecule has 0 spiro atoms. The molecule has 4 aromatic rings. The minimum absolute atomic E-state index is 0.208. The number of rotatable bonds is 10. The number of benzene rings is 2. The maximum atomic E-state index is 13.3. The fraction of sp³-hybridized carbons (Fsp3) is 0.267. The molecule has 0 saturated carbocycles. The van der Waals surface area contributed by atoms with E-state index in [9.17, 15) is 14.4 Å². The van der Waals surface area contributed by atoms with Gasteiger partial charge in [-0.3, -0.25) is 9.78 Å². The van der Waals surface area contributed by atoms with Crippen molar-refractivity contribution in [2.75, 3.05) is 18.5 Å². The summed E-state index contributed by atoms with van der Waals surface area (Å²) >= 11 is 1.26. The van der Waals surface area contributed by atoms with Gasteiger partial charge in [-0.15, -0.1) is 11.3 Å². The van der Waals surface area contributed by atoms with E-state index >= 15 is 0 Å². The summed E-state index contributed by atoms with van der Waals surface area (Å²) in [6.07, 6.45) is 2.25. The van der Waals surface area contributed by atoms with Crippen LogP contribution >= 0.6 is 11.3 Å². The molecule has 2 heterocycles. The number of carbonyl (C=O) groups excluding carboxylic acids is 3. The van der Waals surface area contributed by atoms with E-state index < -0.39 is 24.5 Å². The van der Waals surface area contributed by atoms with Gasteiger partial charge in [0, 0.05) is 16.0 Å². The van der Waals surface area contributed by atoms with Gasteiger partial charge in [-0.1, -0.05) is 68.8 Å². The predicted octanol–water partition coefficient (Wildman–Crippen LogP) is 6.45. The third-order valence-electron chi connectivity index (χ3n) is 6.00. The van der Waals surface area contributed by atoms with E-state index in [2.05, 4.69) is 12.2 Å². The maximum absolute atomic E-state index is 13.3. The van der Waals surface area contributed by atoms with E-state index in [0.29, 0.717) is 22.4 Å². The van der Waals surface area contributed by atoms with Crippen LogP contribution in [0.5, 0.6) is 0 Å². The van der Waals surface area contributed by atoms with Crippen LogP contribution in [0.1, 0.15) is 59.2 Å². The highest BCUT2D eigenvalue weighted by Gasteiger charge is 2.23. The number of fused-ring (bicyclic) bond motifs is 1. The summed E-state index contributed by atoms with van der Waals surface area (Å²) in [6.45, 7) is 5.48. The van der Waals surface area contributed by atoms with Crippen LogP contribution in [0.2, 0.25) is 0 Å². The number of thiophene rings is 1. The Morgan fingerprint density at radius 3 is 2.37 bits per heavy atom. The van der Waals surface area contributed by atoms with Crippen LogP contribution in [0.15, 0.2) is 60.7 Å². The van der Waals surface area contributed by atoms with Gasteiger partial charge in [-0.2, -0.15) is 0 Å². The topological polar surface area (TPSA) is 94.6 Å². The number of para-hydroxylation sites is 1.